The second-order valence-corrected chi connectivity index (χ2v) is 4.29. The Balaban J connectivity index is 0.000000138. The molecule has 1 saturated carbocycles. The first kappa shape index (κ1) is 12.5. The van der Waals surface area contributed by atoms with Gasteiger partial charge in [-0.15, -0.1) is 0 Å². The average Bonchev–Trinajstić information content (AvgIpc) is 3.19. The summed E-state index contributed by atoms with van der Waals surface area (Å²) < 4.78 is 12.0. The average molecular weight is 246 g/mol. The molecule has 2 heterocycles. The third kappa shape index (κ3) is 3.84. The normalized spacial score (nSPS) is 13.7. The summed E-state index contributed by atoms with van der Waals surface area (Å²) in [5, 5.41) is 0. The molecular formula is C13H15FN4. The van der Waals surface area contributed by atoms with Crippen LogP contribution in [0.5, 0.6) is 0 Å². The van der Waals surface area contributed by atoms with Crippen LogP contribution >= 0.6 is 0 Å². The van der Waals surface area contributed by atoms with Crippen LogP contribution in [0.2, 0.25) is 0 Å². The Bertz CT molecular complexity index is 470. The summed E-state index contributed by atoms with van der Waals surface area (Å²) in [5.74, 6) is 1.84. The molecule has 0 unspecified atom stereocenters. The predicted octanol–water partition coefficient (Wildman–Crippen LogP) is 2.59. The number of hydrogen-bond acceptors (Lipinski definition) is 4. The van der Waals surface area contributed by atoms with Gasteiger partial charge in [0, 0.05) is 12.4 Å². The van der Waals surface area contributed by atoms with E-state index in [4.69, 9.17) is 0 Å². The van der Waals surface area contributed by atoms with E-state index in [0.717, 1.165) is 24.1 Å². The Hall–Kier alpha value is -1.91. The van der Waals surface area contributed by atoms with Crippen LogP contribution in [0, 0.1) is 19.7 Å². The van der Waals surface area contributed by atoms with E-state index in [1.54, 1.807) is 6.92 Å². The van der Waals surface area contributed by atoms with E-state index in [2.05, 4.69) is 19.9 Å². The van der Waals surface area contributed by atoms with Crippen LogP contribution in [0.1, 0.15) is 36.0 Å². The van der Waals surface area contributed by atoms with Crippen molar-refractivity contribution in [3.63, 3.8) is 0 Å². The highest BCUT2D eigenvalue weighted by Crippen LogP contribution is 2.39. The lowest BCUT2D eigenvalue weighted by atomic mass is 10.2. The maximum Gasteiger partial charge on any atom is 0.159 e. The van der Waals surface area contributed by atoms with Gasteiger partial charge in [-0.2, -0.15) is 0 Å². The van der Waals surface area contributed by atoms with Gasteiger partial charge in [0.25, 0.3) is 0 Å². The van der Waals surface area contributed by atoms with E-state index in [-0.39, 0.29) is 0 Å². The SMILES string of the molecule is Cc1ncc(C2CC2)cn1.Cc1ncc(F)cn1. The van der Waals surface area contributed by atoms with Crippen LogP contribution in [0.3, 0.4) is 0 Å². The topological polar surface area (TPSA) is 51.6 Å². The molecule has 2 aromatic heterocycles. The molecule has 94 valence electrons. The third-order valence-corrected chi connectivity index (χ3v) is 2.60. The first-order chi connectivity index (χ1) is 8.65. The monoisotopic (exact) mass is 246 g/mol. The van der Waals surface area contributed by atoms with E-state index in [9.17, 15) is 4.39 Å². The molecule has 0 aromatic carbocycles. The second kappa shape index (κ2) is 5.62. The van der Waals surface area contributed by atoms with Gasteiger partial charge in [0.2, 0.25) is 0 Å². The molecule has 18 heavy (non-hydrogen) atoms. The molecule has 0 bridgehead atoms. The summed E-state index contributed by atoms with van der Waals surface area (Å²) in [6, 6.07) is 0. The Morgan fingerprint density at radius 2 is 1.33 bits per heavy atom. The Kier molecular flexibility index (Phi) is 3.92. The van der Waals surface area contributed by atoms with Crippen LogP contribution < -0.4 is 0 Å². The molecule has 0 spiro atoms. The highest BCUT2D eigenvalue weighted by atomic mass is 19.1. The standard InChI is InChI=1S/C8H10N2.C5H5FN2/c1-6-9-4-8(5-10-6)7-2-3-7;1-4-7-2-5(6)3-8-4/h4-5,7H,2-3H2,1H3;2-3H,1H3. The minimum Gasteiger partial charge on any atom is -0.241 e. The molecule has 0 saturated heterocycles. The van der Waals surface area contributed by atoms with Crippen LogP contribution in [0.25, 0.3) is 0 Å². The fraction of sp³-hybridized carbons (Fsp3) is 0.385. The maximum atomic E-state index is 12.0. The Morgan fingerprint density at radius 3 is 1.72 bits per heavy atom. The van der Waals surface area contributed by atoms with Crippen molar-refractivity contribution in [3.05, 3.63) is 47.8 Å². The minimum absolute atomic E-state index is 0.393. The Labute approximate surface area is 105 Å². The van der Waals surface area contributed by atoms with Gasteiger partial charge in [-0.05, 0) is 38.2 Å². The molecule has 1 fully saturated rings. The first-order valence-electron chi connectivity index (χ1n) is 5.88. The van der Waals surface area contributed by atoms with Gasteiger partial charge in [-0.3, -0.25) is 0 Å². The predicted molar refractivity (Wildman–Crippen MR) is 65.5 cm³/mol. The largest absolute Gasteiger partial charge is 0.241 e. The molecule has 2 aromatic rings. The molecule has 0 atom stereocenters. The number of halogens is 1. The summed E-state index contributed by atoms with van der Waals surface area (Å²) in [6.45, 7) is 3.62. The molecule has 0 N–H and O–H groups in total. The van der Waals surface area contributed by atoms with E-state index < -0.39 is 5.82 Å². The summed E-state index contributed by atoms with van der Waals surface area (Å²) in [6.07, 6.45) is 8.82. The highest BCUT2D eigenvalue weighted by molar-refractivity contribution is 5.16. The second-order valence-electron chi connectivity index (χ2n) is 4.29. The molecular weight excluding hydrogens is 231 g/mol. The summed E-state index contributed by atoms with van der Waals surface area (Å²) in [4.78, 5) is 15.4. The molecule has 1 aliphatic carbocycles. The molecule has 0 aliphatic heterocycles. The fourth-order valence-corrected chi connectivity index (χ4v) is 1.41. The van der Waals surface area contributed by atoms with Gasteiger partial charge in [0.15, 0.2) is 5.82 Å². The molecule has 0 amide bonds. The molecule has 4 nitrogen and oxygen atoms in total. The van der Waals surface area contributed by atoms with Crippen LogP contribution in [0.15, 0.2) is 24.8 Å². The lowest BCUT2D eigenvalue weighted by molar-refractivity contribution is 0.611. The number of rotatable bonds is 1. The van der Waals surface area contributed by atoms with Gasteiger partial charge in [-0.1, -0.05) is 0 Å². The summed E-state index contributed by atoms with van der Waals surface area (Å²) >= 11 is 0. The zero-order chi connectivity index (χ0) is 13.0. The van der Waals surface area contributed by atoms with E-state index in [1.807, 2.05) is 19.3 Å². The quantitative estimate of drug-likeness (QED) is 0.776. The van der Waals surface area contributed by atoms with Crippen LogP contribution in [-0.4, -0.2) is 19.9 Å². The number of aryl methyl sites for hydroxylation is 2. The smallest absolute Gasteiger partial charge is 0.159 e. The number of aromatic nitrogens is 4. The maximum absolute atomic E-state index is 12.0. The number of hydrogen-bond donors (Lipinski definition) is 0. The van der Waals surface area contributed by atoms with Crippen LogP contribution in [0.4, 0.5) is 4.39 Å². The van der Waals surface area contributed by atoms with Crippen molar-refractivity contribution in [2.45, 2.75) is 32.6 Å². The van der Waals surface area contributed by atoms with Crippen molar-refractivity contribution < 1.29 is 4.39 Å². The molecule has 5 heteroatoms. The fourth-order valence-electron chi connectivity index (χ4n) is 1.41. The first-order valence-corrected chi connectivity index (χ1v) is 5.88. The Morgan fingerprint density at radius 1 is 0.889 bits per heavy atom. The van der Waals surface area contributed by atoms with Crippen molar-refractivity contribution in [2.24, 2.45) is 0 Å². The molecule has 1 aliphatic rings. The van der Waals surface area contributed by atoms with Crippen molar-refractivity contribution in [2.75, 3.05) is 0 Å². The molecule has 3 rings (SSSR count). The van der Waals surface area contributed by atoms with Gasteiger partial charge < -0.3 is 0 Å². The number of nitrogens with zero attached hydrogens (tertiary/aromatic N) is 4. The summed E-state index contributed by atoms with van der Waals surface area (Å²) in [5.41, 5.74) is 1.31. The van der Waals surface area contributed by atoms with Crippen molar-refractivity contribution in [1.82, 2.24) is 19.9 Å². The van der Waals surface area contributed by atoms with Gasteiger partial charge in [0.05, 0.1) is 12.4 Å². The zero-order valence-electron chi connectivity index (χ0n) is 10.5. The van der Waals surface area contributed by atoms with E-state index >= 15 is 0 Å². The third-order valence-electron chi connectivity index (χ3n) is 2.60. The van der Waals surface area contributed by atoms with Gasteiger partial charge in [0.1, 0.15) is 11.6 Å². The molecule has 0 radical (unpaired) electrons. The highest BCUT2D eigenvalue weighted by Gasteiger charge is 2.23. The van der Waals surface area contributed by atoms with Gasteiger partial charge >= 0.3 is 0 Å². The van der Waals surface area contributed by atoms with Gasteiger partial charge in [-0.25, -0.2) is 24.3 Å². The van der Waals surface area contributed by atoms with E-state index in [1.165, 1.54) is 18.4 Å². The minimum atomic E-state index is -0.393. The van der Waals surface area contributed by atoms with Crippen molar-refractivity contribution in [3.8, 4) is 0 Å². The lowest BCUT2D eigenvalue weighted by Gasteiger charge is -1.94. The lowest BCUT2D eigenvalue weighted by Crippen LogP contribution is -1.88. The summed E-state index contributed by atoms with van der Waals surface area (Å²) in [7, 11) is 0. The van der Waals surface area contributed by atoms with Crippen molar-refractivity contribution >= 4 is 0 Å². The van der Waals surface area contributed by atoms with Crippen molar-refractivity contribution in [1.29, 1.82) is 0 Å². The zero-order valence-corrected chi connectivity index (χ0v) is 10.5. The van der Waals surface area contributed by atoms with Crippen LogP contribution in [-0.2, 0) is 0 Å². The van der Waals surface area contributed by atoms with E-state index in [0.29, 0.717) is 5.82 Å².